The smallest absolute Gasteiger partial charge is 0.175 e. The van der Waals surface area contributed by atoms with Crippen molar-refractivity contribution < 1.29 is 19.3 Å². The van der Waals surface area contributed by atoms with E-state index in [2.05, 4.69) is 15.9 Å². The predicted octanol–water partition coefficient (Wildman–Crippen LogP) is 1.69. The zero-order valence-electron chi connectivity index (χ0n) is 11.2. The molecule has 108 valence electrons. The number of aliphatic hydroxyl groups is 1. The number of nitrogens with two attached hydrogens (primary N) is 1. The highest BCUT2D eigenvalue weighted by atomic mass is 79.9. The molecular formula is C13H20BrNO4. The van der Waals surface area contributed by atoms with Gasteiger partial charge < -0.3 is 25.1 Å². The third-order valence-electron chi connectivity index (χ3n) is 2.46. The van der Waals surface area contributed by atoms with Crippen LogP contribution in [-0.2, 0) is 11.3 Å². The van der Waals surface area contributed by atoms with E-state index in [1.807, 2.05) is 19.1 Å². The van der Waals surface area contributed by atoms with E-state index in [0.717, 1.165) is 10.0 Å². The van der Waals surface area contributed by atoms with Crippen molar-refractivity contribution in [3.63, 3.8) is 0 Å². The van der Waals surface area contributed by atoms with Crippen LogP contribution in [0.4, 0.5) is 0 Å². The molecule has 0 aliphatic rings. The molecule has 0 radical (unpaired) electrons. The Bertz CT molecular complexity index is 400. The Hall–Kier alpha value is -0.820. The zero-order valence-corrected chi connectivity index (χ0v) is 12.8. The number of hydrogen-bond acceptors (Lipinski definition) is 5. The quantitative estimate of drug-likeness (QED) is 0.757. The van der Waals surface area contributed by atoms with Crippen LogP contribution < -0.4 is 15.2 Å². The average Bonchev–Trinajstić information content (AvgIpc) is 2.42. The maximum absolute atomic E-state index is 9.67. The first-order valence-corrected chi connectivity index (χ1v) is 6.86. The Kier molecular flexibility index (Phi) is 7.15. The Balaban J connectivity index is 2.71. The van der Waals surface area contributed by atoms with Gasteiger partial charge in [-0.1, -0.05) is 0 Å². The highest BCUT2D eigenvalue weighted by molar-refractivity contribution is 9.10. The second-order valence-corrected chi connectivity index (χ2v) is 4.79. The van der Waals surface area contributed by atoms with Crippen molar-refractivity contribution in [2.24, 2.45) is 5.73 Å². The fourth-order valence-electron chi connectivity index (χ4n) is 1.51. The van der Waals surface area contributed by atoms with Crippen molar-refractivity contribution in [2.45, 2.75) is 19.6 Å². The minimum absolute atomic E-state index is 0.136. The van der Waals surface area contributed by atoms with Crippen LogP contribution >= 0.6 is 15.9 Å². The summed E-state index contributed by atoms with van der Waals surface area (Å²) in [7, 11) is 1.56. The Labute approximate surface area is 121 Å². The lowest BCUT2D eigenvalue weighted by Gasteiger charge is -2.16. The lowest BCUT2D eigenvalue weighted by atomic mass is 10.2. The van der Waals surface area contributed by atoms with Crippen LogP contribution in [0.1, 0.15) is 12.5 Å². The summed E-state index contributed by atoms with van der Waals surface area (Å²) in [5.74, 6) is 1.13. The number of halogens is 1. The molecule has 0 aliphatic carbocycles. The molecule has 0 saturated heterocycles. The van der Waals surface area contributed by atoms with E-state index in [0.29, 0.717) is 24.7 Å². The summed E-state index contributed by atoms with van der Waals surface area (Å²) < 4.78 is 16.7. The summed E-state index contributed by atoms with van der Waals surface area (Å²) in [6.07, 6.45) is -0.675. The van der Waals surface area contributed by atoms with Gasteiger partial charge in [0.25, 0.3) is 0 Å². The van der Waals surface area contributed by atoms with Crippen molar-refractivity contribution in [1.82, 2.24) is 0 Å². The van der Waals surface area contributed by atoms with E-state index >= 15 is 0 Å². The van der Waals surface area contributed by atoms with Gasteiger partial charge in [-0.15, -0.1) is 0 Å². The number of hydrogen-bond donors (Lipinski definition) is 2. The Morgan fingerprint density at radius 1 is 1.37 bits per heavy atom. The maximum Gasteiger partial charge on any atom is 0.175 e. The molecule has 1 aromatic carbocycles. The molecular weight excluding hydrogens is 314 g/mol. The standard InChI is InChI=1S/C13H20BrNO4/c1-3-18-7-10(16)8-19-13-11(14)4-9(6-15)5-12(13)17-2/h4-5,10,16H,3,6-8,15H2,1-2H3. The van der Waals surface area contributed by atoms with E-state index in [4.69, 9.17) is 19.9 Å². The molecule has 0 aliphatic heterocycles. The second kappa shape index (κ2) is 8.37. The first-order chi connectivity index (χ1) is 9.12. The van der Waals surface area contributed by atoms with Crippen LogP contribution in [0.2, 0.25) is 0 Å². The second-order valence-electron chi connectivity index (χ2n) is 3.94. The van der Waals surface area contributed by atoms with Gasteiger partial charge in [0.05, 0.1) is 18.2 Å². The molecule has 0 fully saturated rings. The summed E-state index contributed by atoms with van der Waals surface area (Å²) in [6, 6.07) is 3.68. The molecule has 0 spiro atoms. The third-order valence-corrected chi connectivity index (χ3v) is 3.05. The minimum Gasteiger partial charge on any atom is -0.493 e. The number of aliphatic hydroxyl groups excluding tert-OH is 1. The van der Waals surface area contributed by atoms with Crippen molar-refractivity contribution in [3.8, 4) is 11.5 Å². The van der Waals surface area contributed by atoms with Crippen LogP contribution in [0.25, 0.3) is 0 Å². The molecule has 0 amide bonds. The monoisotopic (exact) mass is 333 g/mol. The van der Waals surface area contributed by atoms with E-state index in [-0.39, 0.29) is 13.2 Å². The fourth-order valence-corrected chi connectivity index (χ4v) is 2.12. The van der Waals surface area contributed by atoms with Crippen molar-refractivity contribution in [2.75, 3.05) is 26.9 Å². The molecule has 0 bridgehead atoms. The highest BCUT2D eigenvalue weighted by Crippen LogP contribution is 2.36. The van der Waals surface area contributed by atoms with Gasteiger partial charge in [-0.05, 0) is 40.5 Å². The molecule has 19 heavy (non-hydrogen) atoms. The van der Waals surface area contributed by atoms with Gasteiger partial charge in [0.1, 0.15) is 12.7 Å². The van der Waals surface area contributed by atoms with E-state index in [1.54, 1.807) is 7.11 Å². The van der Waals surface area contributed by atoms with Crippen molar-refractivity contribution in [3.05, 3.63) is 22.2 Å². The number of benzene rings is 1. The van der Waals surface area contributed by atoms with E-state index in [1.165, 1.54) is 0 Å². The van der Waals surface area contributed by atoms with Gasteiger partial charge in [-0.3, -0.25) is 0 Å². The van der Waals surface area contributed by atoms with Crippen LogP contribution in [-0.4, -0.2) is 38.1 Å². The van der Waals surface area contributed by atoms with Crippen LogP contribution in [0.3, 0.4) is 0 Å². The normalized spacial score (nSPS) is 12.3. The third kappa shape index (κ3) is 4.99. The maximum atomic E-state index is 9.67. The summed E-state index contributed by atoms with van der Waals surface area (Å²) >= 11 is 3.41. The number of rotatable bonds is 8. The molecule has 1 aromatic rings. The Morgan fingerprint density at radius 2 is 2.11 bits per heavy atom. The first-order valence-electron chi connectivity index (χ1n) is 6.07. The highest BCUT2D eigenvalue weighted by Gasteiger charge is 2.13. The Morgan fingerprint density at radius 3 is 2.68 bits per heavy atom. The molecule has 3 N–H and O–H groups in total. The molecule has 0 saturated carbocycles. The minimum atomic E-state index is -0.675. The van der Waals surface area contributed by atoms with Crippen LogP contribution in [0.5, 0.6) is 11.5 Å². The number of methoxy groups -OCH3 is 1. The van der Waals surface area contributed by atoms with Gasteiger partial charge in [-0.25, -0.2) is 0 Å². The van der Waals surface area contributed by atoms with E-state index < -0.39 is 6.10 Å². The van der Waals surface area contributed by atoms with Gasteiger partial charge in [-0.2, -0.15) is 0 Å². The van der Waals surface area contributed by atoms with Crippen LogP contribution in [0.15, 0.2) is 16.6 Å². The molecule has 6 heteroatoms. The summed E-state index contributed by atoms with van der Waals surface area (Å²) in [5, 5.41) is 9.67. The largest absolute Gasteiger partial charge is 0.493 e. The van der Waals surface area contributed by atoms with Gasteiger partial charge in [0.15, 0.2) is 11.5 Å². The van der Waals surface area contributed by atoms with Gasteiger partial charge in [0, 0.05) is 13.2 Å². The molecule has 1 rings (SSSR count). The van der Waals surface area contributed by atoms with Crippen molar-refractivity contribution >= 4 is 15.9 Å². The van der Waals surface area contributed by atoms with Crippen LogP contribution in [0, 0.1) is 0 Å². The lowest BCUT2D eigenvalue weighted by Crippen LogP contribution is -2.23. The fraction of sp³-hybridized carbons (Fsp3) is 0.538. The molecule has 0 heterocycles. The van der Waals surface area contributed by atoms with Crippen molar-refractivity contribution in [1.29, 1.82) is 0 Å². The average molecular weight is 334 g/mol. The number of ether oxygens (including phenoxy) is 3. The summed E-state index contributed by atoms with van der Waals surface area (Å²) in [4.78, 5) is 0. The predicted molar refractivity (Wildman–Crippen MR) is 76.6 cm³/mol. The lowest BCUT2D eigenvalue weighted by molar-refractivity contribution is 0.0158. The summed E-state index contributed by atoms with van der Waals surface area (Å²) in [6.45, 7) is 3.24. The summed E-state index contributed by atoms with van der Waals surface area (Å²) in [5.41, 5.74) is 6.53. The first kappa shape index (κ1) is 16.2. The molecule has 0 aromatic heterocycles. The zero-order chi connectivity index (χ0) is 14.3. The SMILES string of the molecule is CCOCC(O)COc1c(Br)cc(CN)cc1OC. The van der Waals surface area contributed by atoms with Gasteiger partial charge in [0.2, 0.25) is 0 Å². The molecule has 5 nitrogen and oxygen atoms in total. The molecule has 1 unspecified atom stereocenters. The van der Waals surface area contributed by atoms with E-state index in [9.17, 15) is 5.11 Å². The molecule has 1 atom stereocenters. The topological polar surface area (TPSA) is 73.9 Å². The van der Waals surface area contributed by atoms with Gasteiger partial charge >= 0.3 is 0 Å².